The lowest BCUT2D eigenvalue weighted by atomic mass is 9.96. The molecule has 0 heterocycles. The van der Waals surface area contributed by atoms with Gasteiger partial charge in [0.1, 0.15) is 23.3 Å². The van der Waals surface area contributed by atoms with Gasteiger partial charge in [-0.05, 0) is 0 Å². The summed E-state index contributed by atoms with van der Waals surface area (Å²) in [5.74, 6) is -16.0. The third-order valence-corrected chi connectivity index (χ3v) is 4.23. The van der Waals surface area contributed by atoms with Crippen LogP contribution in [0, 0.1) is 46.5 Å². The molecule has 0 aromatic heterocycles. The molecule has 132 valence electrons. The van der Waals surface area contributed by atoms with Gasteiger partial charge in [0.15, 0.2) is 23.3 Å². The number of rotatable bonds is 0. The topological polar surface area (TPSA) is 0 Å². The Morgan fingerprint density at radius 2 is 0.654 bits per heavy atom. The van der Waals surface area contributed by atoms with E-state index in [-0.39, 0.29) is 0 Å². The molecule has 0 saturated heterocycles. The molecule has 4 aromatic rings. The van der Waals surface area contributed by atoms with E-state index in [0.29, 0.717) is 0 Å². The molecule has 8 heteroatoms. The van der Waals surface area contributed by atoms with Gasteiger partial charge < -0.3 is 0 Å². The van der Waals surface area contributed by atoms with Gasteiger partial charge in [0.05, 0.1) is 21.5 Å². The molecule has 0 radical (unpaired) electrons. The second kappa shape index (κ2) is 5.30. The van der Waals surface area contributed by atoms with Gasteiger partial charge in [0.2, 0.25) is 0 Å². The van der Waals surface area contributed by atoms with E-state index in [1.165, 1.54) is 12.1 Å². The monoisotopic (exact) mass is 372 g/mol. The summed E-state index contributed by atoms with van der Waals surface area (Å²) in [6.45, 7) is 0. The Morgan fingerprint density at radius 3 is 1.00 bits per heavy atom. The Kier molecular flexibility index (Phi) is 3.37. The van der Waals surface area contributed by atoms with Gasteiger partial charge in [0.25, 0.3) is 0 Å². The van der Waals surface area contributed by atoms with E-state index in [1.807, 2.05) is 0 Å². The van der Waals surface area contributed by atoms with Gasteiger partial charge in [-0.2, -0.15) is 0 Å². The van der Waals surface area contributed by atoms with Crippen LogP contribution < -0.4 is 0 Å². The molecule has 4 rings (SSSR count). The third-order valence-electron chi connectivity index (χ3n) is 4.23. The molecule has 0 fully saturated rings. The van der Waals surface area contributed by atoms with Crippen LogP contribution in [0.25, 0.3) is 32.3 Å². The Hall–Kier alpha value is -2.90. The molecule has 26 heavy (non-hydrogen) atoms. The molecular weight excluding hydrogens is 368 g/mol. The Morgan fingerprint density at radius 1 is 0.346 bits per heavy atom. The maximum absolute atomic E-state index is 14.7. The Labute approximate surface area is 139 Å². The molecular formula is C18H4F8. The Balaban J connectivity index is 2.45. The van der Waals surface area contributed by atoms with Crippen LogP contribution in [0.4, 0.5) is 35.1 Å². The third kappa shape index (κ3) is 1.84. The summed E-state index contributed by atoms with van der Waals surface area (Å²) in [5, 5.41) is -6.82. The summed E-state index contributed by atoms with van der Waals surface area (Å²) >= 11 is 0. The predicted octanol–water partition coefficient (Wildman–Crippen LogP) is 6.26. The summed E-state index contributed by atoms with van der Waals surface area (Å²) < 4.78 is 113. The summed E-state index contributed by atoms with van der Waals surface area (Å²) in [6, 6.07) is 4.72. The van der Waals surface area contributed by atoms with Crippen LogP contribution in [-0.2, 0) is 0 Å². The molecule has 0 nitrogen and oxygen atoms in total. The molecule has 0 atom stereocenters. The molecule has 0 N–H and O–H groups in total. The molecule has 0 spiro atoms. The molecule has 0 aliphatic rings. The number of benzene rings is 4. The molecule has 0 unspecified atom stereocenters. The van der Waals surface area contributed by atoms with Crippen LogP contribution in [0.5, 0.6) is 0 Å². The van der Waals surface area contributed by atoms with E-state index >= 15 is 0 Å². The fraction of sp³-hybridized carbons (Fsp3) is 0. The van der Waals surface area contributed by atoms with E-state index in [2.05, 4.69) is 0 Å². The molecule has 4 aromatic carbocycles. The highest BCUT2D eigenvalue weighted by molar-refractivity contribution is 6.07. The van der Waals surface area contributed by atoms with Crippen LogP contribution in [-0.4, -0.2) is 0 Å². The van der Waals surface area contributed by atoms with Crippen molar-refractivity contribution in [1.29, 1.82) is 0 Å². The second-order valence-electron chi connectivity index (χ2n) is 5.56. The largest absolute Gasteiger partial charge is 0.206 e. The maximum atomic E-state index is 14.7. The average Bonchev–Trinajstić information content (AvgIpc) is 2.63. The SMILES string of the molecule is Fc1c(F)c(F)c2c(F)c3c(F)c4ccccc4c(F)c3c(F)c2c1F. The number of fused-ring (bicyclic) bond motifs is 3. The van der Waals surface area contributed by atoms with Crippen molar-refractivity contribution in [3.05, 3.63) is 70.8 Å². The highest BCUT2D eigenvalue weighted by Crippen LogP contribution is 2.40. The first-order valence-corrected chi connectivity index (χ1v) is 7.09. The maximum Gasteiger partial charge on any atom is 0.198 e. The zero-order chi connectivity index (χ0) is 18.9. The van der Waals surface area contributed by atoms with Gasteiger partial charge in [0, 0.05) is 10.8 Å². The average molecular weight is 372 g/mol. The zero-order valence-corrected chi connectivity index (χ0v) is 12.3. The van der Waals surface area contributed by atoms with Crippen molar-refractivity contribution in [1.82, 2.24) is 0 Å². The fourth-order valence-corrected chi connectivity index (χ4v) is 3.06. The van der Waals surface area contributed by atoms with Gasteiger partial charge in [-0.25, -0.2) is 35.1 Å². The van der Waals surface area contributed by atoms with Gasteiger partial charge >= 0.3 is 0 Å². The van der Waals surface area contributed by atoms with Crippen LogP contribution in [0.1, 0.15) is 0 Å². The number of hydrogen-bond donors (Lipinski definition) is 0. The highest BCUT2D eigenvalue weighted by atomic mass is 19.2. The first kappa shape index (κ1) is 16.6. The standard InChI is InChI=1S/C18H4F8/c19-11-5-3-1-2-4-6(5)12(20)8-7(11)13(21)9-10(14(8)22)16(24)18(26)17(25)15(9)23/h1-4H. The number of hydrogen-bond acceptors (Lipinski definition) is 0. The minimum atomic E-state index is -2.39. The van der Waals surface area contributed by atoms with Gasteiger partial charge in [-0.15, -0.1) is 0 Å². The summed E-state index contributed by atoms with van der Waals surface area (Å²) in [4.78, 5) is 0. The lowest BCUT2D eigenvalue weighted by Crippen LogP contribution is -2.05. The summed E-state index contributed by atoms with van der Waals surface area (Å²) in [6.07, 6.45) is 0. The van der Waals surface area contributed by atoms with Crippen molar-refractivity contribution in [3.8, 4) is 0 Å². The summed E-state index contributed by atoms with van der Waals surface area (Å²) in [7, 11) is 0. The van der Waals surface area contributed by atoms with Crippen molar-refractivity contribution in [2.24, 2.45) is 0 Å². The Bertz CT molecular complexity index is 1160. The van der Waals surface area contributed by atoms with Crippen LogP contribution >= 0.6 is 0 Å². The van der Waals surface area contributed by atoms with Crippen LogP contribution in [0.15, 0.2) is 24.3 Å². The molecule has 0 amide bonds. The van der Waals surface area contributed by atoms with Crippen molar-refractivity contribution in [2.75, 3.05) is 0 Å². The van der Waals surface area contributed by atoms with E-state index in [4.69, 9.17) is 0 Å². The minimum absolute atomic E-state index is 0.446. The first-order valence-electron chi connectivity index (χ1n) is 7.09. The van der Waals surface area contributed by atoms with E-state index in [9.17, 15) is 35.1 Å². The predicted molar refractivity (Wildman–Crippen MR) is 78.6 cm³/mol. The lowest BCUT2D eigenvalue weighted by Gasteiger charge is -2.13. The molecule has 0 saturated carbocycles. The fourth-order valence-electron chi connectivity index (χ4n) is 3.06. The summed E-state index contributed by atoms with van der Waals surface area (Å²) in [5.41, 5.74) is 0. The van der Waals surface area contributed by atoms with Crippen LogP contribution in [0.3, 0.4) is 0 Å². The second-order valence-corrected chi connectivity index (χ2v) is 5.56. The van der Waals surface area contributed by atoms with Gasteiger partial charge in [-0.1, -0.05) is 24.3 Å². The molecule has 0 aliphatic heterocycles. The lowest BCUT2D eigenvalue weighted by molar-refractivity contribution is 0.415. The van der Waals surface area contributed by atoms with Crippen molar-refractivity contribution < 1.29 is 35.1 Å². The van der Waals surface area contributed by atoms with E-state index < -0.39 is 78.9 Å². The van der Waals surface area contributed by atoms with E-state index in [1.54, 1.807) is 0 Å². The molecule has 0 aliphatic carbocycles. The van der Waals surface area contributed by atoms with E-state index in [0.717, 1.165) is 12.1 Å². The first-order chi connectivity index (χ1) is 12.3. The quantitative estimate of drug-likeness (QED) is 0.148. The van der Waals surface area contributed by atoms with Crippen molar-refractivity contribution in [3.63, 3.8) is 0 Å². The van der Waals surface area contributed by atoms with Gasteiger partial charge in [-0.3, -0.25) is 0 Å². The zero-order valence-electron chi connectivity index (χ0n) is 12.3. The minimum Gasteiger partial charge on any atom is -0.206 e. The van der Waals surface area contributed by atoms with Crippen molar-refractivity contribution in [2.45, 2.75) is 0 Å². The van der Waals surface area contributed by atoms with Crippen molar-refractivity contribution >= 4 is 32.3 Å². The van der Waals surface area contributed by atoms with Crippen LogP contribution in [0.2, 0.25) is 0 Å². The smallest absolute Gasteiger partial charge is 0.198 e. The highest BCUT2D eigenvalue weighted by Gasteiger charge is 2.31. The number of halogens is 8. The molecule has 0 bridgehead atoms. The normalized spacial score (nSPS) is 11.8.